The van der Waals surface area contributed by atoms with Gasteiger partial charge in [0.25, 0.3) is 5.91 Å². The number of ether oxygens (including phenoxy) is 1. The number of aromatic nitrogens is 2. The lowest BCUT2D eigenvalue weighted by molar-refractivity contribution is 0.0525. The van der Waals surface area contributed by atoms with E-state index in [-0.39, 0.29) is 29.6 Å². The molecule has 3 heterocycles. The third kappa shape index (κ3) is 4.16. The van der Waals surface area contributed by atoms with Gasteiger partial charge in [0.2, 0.25) is 0 Å². The van der Waals surface area contributed by atoms with E-state index >= 15 is 0 Å². The predicted molar refractivity (Wildman–Crippen MR) is 120 cm³/mol. The summed E-state index contributed by atoms with van der Waals surface area (Å²) >= 11 is 1.44. The number of nitrogens with one attached hydrogen (secondary N) is 2. The summed E-state index contributed by atoms with van der Waals surface area (Å²) in [6.45, 7) is 16.3. The Kier molecular flexibility index (Phi) is 5.86. The Hall–Kier alpha value is -2.19. The summed E-state index contributed by atoms with van der Waals surface area (Å²) in [5, 5.41) is 11.6. The Labute approximate surface area is 182 Å². The third-order valence-electron chi connectivity index (χ3n) is 5.13. The predicted octanol–water partition coefficient (Wildman–Crippen LogP) is 4.42. The molecule has 30 heavy (non-hydrogen) atoms. The molecule has 0 fully saturated rings. The van der Waals surface area contributed by atoms with E-state index in [9.17, 15) is 9.59 Å². The molecular weight excluding hydrogens is 400 g/mol. The van der Waals surface area contributed by atoms with E-state index < -0.39 is 5.97 Å². The highest BCUT2D eigenvalue weighted by molar-refractivity contribution is 7.17. The molecule has 7 nitrogen and oxygen atoms in total. The van der Waals surface area contributed by atoms with Gasteiger partial charge in [-0.05, 0) is 73.4 Å². The van der Waals surface area contributed by atoms with Crippen molar-refractivity contribution < 1.29 is 14.3 Å². The van der Waals surface area contributed by atoms with E-state index in [1.54, 1.807) is 17.7 Å². The standard InChI is InChI=1S/C22H32N4O3S/c1-9-29-20(28)16-14-11-21(5,6)25-22(7,8)17(14)30-19(16)23-18(27)15-10-13(4)24-26(15)12(2)3/h10,12,25H,9,11H2,1-8H3,(H,23,27). The van der Waals surface area contributed by atoms with Crippen LogP contribution in [0.4, 0.5) is 5.00 Å². The molecule has 2 N–H and O–H groups in total. The normalized spacial score (nSPS) is 17.0. The van der Waals surface area contributed by atoms with E-state index in [1.165, 1.54) is 11.3 Å². The number of fused-ring (bicyclic) bond motifs is 1. The van der Waals surface area contributed by atoms with Gasteiger partial charge in [-0.25, -0.2) is 4.79 Å². The van der Waals surface area contributed by atoms with Crippen LogP contribution in [0.2, 0.25) is 0 Å². The zero-order valence-corrected chi connectivity index (χ0v) is 19.9. The molecule has 0 radical (unpaired) electrons. The fourth-order valence-electron chi connectivity index (χ4n) is 4.28. The van der Waals surface area contributed by atoms with Crippen molar-refractivity contribution in [2.24, 2.45) is 0 Å². The maximum absolute atomic E-state index is 13.2. The van der Waals surface area contributed by atoms with Gasteiger partial charge in [0, 0.05) is 22.0 Å². The van der Waals surface area contributed by atoms with Crippen molar-refractivity contribution in [3.05, 3.63) is 33.5 Å². The fourth-order valence-corrected chi connectivity index (χ4v) is 5.54. The molecule has 1 aliphatic rings. The van der Waals surface area contributed by atoms with E-state index in [1.807, 2.05) is 20.8 Å². The topological polar surface area (TPSA) is 85.2 Å². The van der Waals surface area contributed by atoms with Gasteiger partial charge in [-0.2, -0.15) is 5.10 Å². The summed E-state index contributed by atoms with van der Waals surface area (Å²) in [7, 11) is 0. The molecule has 1 aliphatic heterocycles. The summed E-state index contributed by atoms with van der Waals surface area (Å²) in [4.78, 5) is 27.1. The first-order valence-corrected chi connectivity index (χ1v) is 11.2. The van der Waals surface area contributed by atoms with Crippen molar-refractivity contribution in [1.29, 1.82) is 0 Å². The number of carbonyl (C=O) groups is 2. The monoisotopic (exact) mass is 432 g/mol. The number of thiophene rings is 1. The largest absolute Gasteiger partial charge is 0.462 e. The van der Waals surface area contributed by atoms with Crippen molar-refractivity contribution in [3.63, 3.8) is 0 Å². The average Bonchev–Trinajstić information content (AvgIpc) is 3.14. The van der Waals surface area contributed by atoms with E-state index in [2.05, 4.69) is 43.4 Å². The third-order valence-corrected chi connectivity index (χ3v) is 6.60. The van der Waals surface area contributed by atoms with Gasteiger partial charge in [-0.3, -0.25) is 9.48 Å². The van der Waals surface area contributed by atoms with Crippen LogP contribution in [0.1, 0.15) is 91.5 Å². The highest BCUT2D eigenvalue weighted by atomic mass is 32.1. The van der Waals surface area contributed by atoms with E-state index in [0.29, 0.717) is 22.7 Å². The number of rotatable bonds is 5. The number of hydrogen-bond acceptors (Lipinski definition) is 6. The van der Waals surface area contributed by atoms with Crippen LogP contribution in [-0.4, -0.2) is 33.8 Å². The minimum atomic E-state index is -0.396. The first-order chi connectivity index (χ1) is 13.9. The lowest BCUT2D eigenvalue weighted by atomic mass is 9.81. The van der Waals surface area contributed by atoms with Crippen molar-refractivity contribution in [2.75, 3.05) is 11.9 Å². The van der Waals surface area contributed by atoms with E-state index in [0.717, 1.165) is 16.1 Å². The van der Waals surface area contributed by atoms with Gasteiger partial charge in [-0.15, -0.1) is 11.3 Å². The minimum absolute atomic E-state index is 0.0458. The van der Waals surface area contributed by atoms with Gasteiger partial charge in [-0.1, -0.05) is 0 Å². The number of hydrogen-bond donors (Lipinski definition) is 2. The molecule has 0 saturated heterocycles. The molecule has 0 spiro atoms. The second kappa shape index (κ2) is 7.81. The maximum atomic E-state index is 13.2. The number of nitrogens with zero attached hydrogens (tertiary/aromatic N) is 2. The zero-order chi connectivity index (χ0) is 22.4. The van der Waals surface area contributed by atoms with Crippen LogP contribution >= 0.6 is 11.3 Å². The molecule has 0 unspecified atom stereocenters. The maximum Gasteiger partial charge on any atom is 0.341 e. The first kappa shape index (κ1) is 22.5. The Balaban J connectivity index is 2.08. The van der Waals surface area contributed by atoms with Gasteiger partial charge in [0.1, 0.15) is 10.7 Å². The first-order valence-electron chi connectivity index (χ1n) is 10.4. The van der Waals surface area contributed by atoms with Gasteiger partial charge in [0.15, 0.2) is 0 Å². The van der Waals surface area contributed by atoms with Crippen molar-refractivity contribution in [2.45, 2.75) is 78.9 Å². The molecule has 3 rings (SSSR count). The number of aryl methyl sites for hydroxylation is 1. The summed E-state index contributed by atoms with van der Waals surface area (Å²) in [5.74, 6) is -0.675. The summed E-state index contributed by atoms with van der Waals surface area (Å²) in [6.07, 6.45) is 0.676. The molecule has 0 aliphatic carbocycles. The zero-order valence-electron chi connectivity index (χ0n) is 19.1. The van der Waals surface area contributed by atoms with Crippen molar-refractivity contribution in [3.8, 4) is 0 Å². The molecule has 0 bridgehead atoms. The summed E-state index contributed by atoms with van der Waals surface area (Å²) in [6, 6.07) is 1.81. The van der Waals surface area contributed by atoms with Crippen LogP contribution in [0, 0.1) is 6.92 Å². The molecule has 1 amide bonds. The van der Waals surface area contributed by atoms with Crippen LogP contribution in [0.15, 0.2) is 6.07 Å². The lowest BCUT2D eigenvalue weighted by Crippen LogP contribution is -2.55. The number of esters is 1. The Morgan fingerprint density at radius 1 is 1.33 bits per heavy atom. The minimum Gasteiger partial charge on any atom is -0.462 e. The Morgan fingerprint density at radius 3 is 2.60 bits per heavy atom. The van der Waals surface area contributed by atoms with Crippen LogP contribution in [0.3, 0.4) is 0 Å². The van der Waals surface area contributed by atoms with Gasteiger partial charge in [0.05, 0.1) is 17.9 Å². The molecule has 8 heteroatoms. The van der Waals surface area contributed by atoms with Gasteiger partial charge >= 0.3 is 5.97 Å². The molecule has 0 aromatic carbocycles. The molecule has 0 saturated carbocycles. The van der Waals surface area contributed by atoms with Crippen LogP contribution < -0.4 is 10.6 Å². The second-order valence-electron chi connectivity index (χ2n) is 9.31. The Morgan fingerprint density at radius 2 is 2.00 bits per heavy atom. The summed E-state index contributed by atoms with van der Waals surface area (Å²) in [5.41, 5.74) is 2.16. The quantitative estimate of drug-likeness (QED) is 0.683. The van der Waals surface area contributed by atoms with E-state index in [4.69, 9.17) is 4.74 Å². The van der Waals surface area contributed by atoms with Crippen molar-refractivity contribution >= 4 is 28.2 Å². The fraction of sp³-hybridized carbons (Fsp3) is 0.591. The van der Waals surface area contributed by atoms with Crippen LogP contribution in [-0.2, 0) is 16.7 Å². The number of carbonyl (C=O) groups excluding carboxylic acids is 2. The van der Waals surface area contributed by atoms with Crippen molar-refractivity contribution in [1.82, 2.24) is 15.1 Å². The highest BCUT2D eigenvalue weighted by Gasteiger charge is 2.42. The second-order valence-corrected chi connectivity index (χ2v) is 10.3. The van der Waals surface area contributed by atoms with Gasteiger partial charge < -0.3 is 15.4 Å². The highest BCUT2D eigenvalue weighted by Crippen LogP contribution is 2.45. The molecule has 0 atom stereocenters. The number of anilines is 1. The number of amides is 1. The molecule has 2 aromatic rings. The SMILES string of the molecule is CCOC(=O)c1c(NC(=O)c2cc(C)nn2C(C)C)sc2c1CC(C)(C)NC2(C)C. The Bertz CT molecular complexity index is 985. The summed E-state index contributed by atoms with van der Waals surface area (Å²) < 4.78 is 7.07. The molecular formula is C22H32N4O3S. The lowest BCUT2D eigenvalue weighted by Gasteiger charge is -2.42. The molecule has 2 aromatic heterocycles. The average molecular weight is 433 g/mol. The smallest absolute Gasteiger partial charge is 0.341 e. The van der Waals surface area contributed by atoms with Crippen LogP contribution in [0.5, 0.6) is 0 Å². The molecule has 164 valence electrons. The van der Waals surface area contributed by atoms with Crippen LogP contribution in [0.25, 0.3) is 0 Å².